The molecule has 1 rings (SSSR count). The highest BCUT2D eigenvalue weighted by molar-refractivity contribution is 5.91. The summed E-state index contributed by atoms with van der Waals surface area (Å²) in [6.07, 6.45) is 4.05. The average molecular weight is 275 g/mol. The zero-order chi connectivity index (χ0) is 15.1. The number of nitrogens with one attached hydrogen (secondary N) is 1. The van der Waals surface area contributed by atoms with Crippen LogP contribution in [-0.2, 0) is 9.59 Å². The molecule has 0 aliphatic heterocycles. The zero-order valence-corrected chi connectivity index (χ0v) is 12.1. The third-order valence-electron chi connectivity index (χ3n) is 3.03. The summed E-state index contributed by atoms with van der Waals surface area (Å²) in [7, 11) is 0. The Morgan fingerprint density at radius 2 is 2.05 bits per heavy atom. The number of rotatable bonds is 6. The topological polar surface area (TPSA) is 66.4 Å². The van der Waals surface area contributed by atoms with Crippen LogP contribution in [0.4, 0.5) is 5.69 Å². The van der Waals surface area contributed by atoms with Gasteiger partial charge in [-0.25, -0.2) is 4.79 Å². The minimum atomic E-state index is -0.992. The highest BCUT2D eigenvalue weighted by Crippen LogP contribution is 2.17. The molecule has 20 heavy (non-hydrogen) atoms. The van der Waals surface area contributed by atoms with Crippen LogP contribution in [0.25, 0.3) is 6.08 Å². The first-order valence-electron chi connectivity index (χ1n) is 6.73. The largest absolute Gasteiger partial charge is 0.478 e. The molecule has 0 aromatic heterocycles. The first-order valence-corrected chi connectivity index (χ1v) is 6.73. The summed E-state index contributed by atoms with van der Waals surface area (Å²) < 4.78 is 0. The number of carbonyl (C=O) groups excluding carboxylic acids is 1. The van der Waals surface area contributed by atoms with Crippen LogP contribution in [0.3, 0.4) is 0 Å². The molecule has 0 saturated carbocycles. The number of amides is 1. The molecular weight excluding hydrogens is 254 g/mol. The Morgan fingerprint density at radius 1 is 1.35 bits per heavy atom. The van der Waals surface area contributed by atoms with Crippen molar-refractivity contribution >= 4 is 23.6 Å². The Balaban J connectivity index is 2.80. The van der Waals surface area contributed by atoms with Crippen LogP contribution in [0.2, 0.25) is 0 Å². The number of hydrogen-bond acceptors (Lipinski definition) is 2. The van der Waals surface area contributed by atoms with Crippen molar-refractivity contribution in [2.24, 2.45) is 5.92 Å². The van der Waals surface area contributed by atoms with E-state index in [-0.39, 0.29) is 5.91 Å². The highest BCUT2D eigenvalue weighted by atomic mass is 16.4. The predicted molar refractivity (Wildman–Crippen MR) is 80.6 cm³/mol. The van der Waals surface area contributed by atoms with Gasteiger partial charge in [-0.3, -0.25) is 4.79 Å². The van der Waals surface area contributed by atoms with Crippen LogP contribution in [0, 0.1) is 12.8 Å². The highest BCUT2D eigenvalue weighted by Gasteiger charge is 2.08. The molecule has 0 fully saturated rings. The Bertz CT molecular complexity index is 520. The normalized spacial score (nSPS) is 12.3. The summed E-state index contributed by atoms with van der Waals surface area (Å²) >= 11 is 0. The van der Waals surface area contributed by atoms with E-state index in [4.69, 9.17) is 5.11 Å². The molecule has 1 aromatic rings. The van der Waals surface area contributed by atoms with E-state index in [1.54, 1.807) is 6.07 Å². The smallest absolute Gasteiger partial charge is 0.328 e. The molecule has 4 heteroatoms. The Hall–Kier alpha value is -2.10. The maximum atomic E-state index is 11.8. The van der Waals surface area contributed by atoms with Gasteiger partial charge < -0.3 is 10.4 Å². The van der Waals surface area contributed by atoms with E-state index in [9.17, 15) is 9.59 Å². The lowest BCUT2D eigenvalue weighted by atomic mass is 10.0. The van der Waals surface area contributed by atoms with E-state index >= 15 is 0 Å². The standard InChI is InChI=1S/C16H21NO3/c1-4-11(2)9-15(18)17-14-8-12(3)7-13(10-14)5-6-16(19)20/h5-8,10-11H,4,9H2,1-3H3,(H,17,18)(H,19,20)/b6-5+. The van der Waals surface area contributed by atoms with Crippen LogP contribution >= 0.6 is 0 Å². The van der Waals surface area contributed by atoms with Crippen LogP contribution in [0.5, 0.6) is 0 Å². The summed E-state index contributed by atoms with van der Waals surface area (Å²) in [5.41, 5.74) is 2.42. The second-order valence-corrected chi connectivity index (χ2v) is 5.07. The van der Waals surface area contributed by atoms with Gasteiger partial charge in [0.15, 0.2) is 0 Å². The van der Waals surface area contributed by atoms with Crippen molar-refractivity contribution in [1.82, 2.24) is 0 Å². The van der Waals surface area contributed by atoms with Crippen LogP contribution < -0.4 is 5.32 Å². The summed E-state index contributed by atoms with van der Waals surface area (Å²) in [4.78, 5) is 22.4. The Labute approximate surface area is 119 Å². The third kappa shape index (κ3) is 5.69. The summed E-state index contributed by atoms with van der Waals surface area (Å²) in [6.45, 7) is 6.00. The SMILES string of the molecule is CCC(C)CC(=O)Nc1cc(C)cc(/C=C/C(=O)O)c1. The monoisotopic (exact) mass is 275 g/mol. The molecule has 1 aromatic carbocycles. The number of carbonyl (C=O) groups is 2. The summed E-state index contributed by atoms with van der Waals surface area (Å²) in [6, 6.07) is 5.50. The summed E-state index contributed by atoms with van der Waals surface area (Å²) in [5, 5.41) is 11.5. The number of benzene rings is 1. The van der Waals surface area contributed by atoms with Gasteiger partial charge in [0.05, 0.1) is 0 Å². The number of aliphatic carboxylic acids is 1. The minimum absolute atomic E-state index is 0.0156. The maximum absolute atomic E-state index is 11.8. The molecule has 0 saturated heterocycles. The molecule has 0 aliphatic carbocycles. The third-order valence-corrected chi connectivity index (χ3v) is 3.03. The number of hydrogen-bond donors (Lipinski definition) is 2. The van der Waals surface area contributed by atoms with Crippen molar-refractivity contribution in [2.75, 3.05) is 5.32 Å². The van der Waals surface area contributed by atoms with Crippen molar-refractivity contribution in [3.63, 3.8) is 0 Å². The maximum Gasteiger partial charge on any atom is 0.328 e. The van der Waals surface area contributed by atoms with Crippen LogP contribution in [0.15, 0.2) is 24.3 Å². The molecule has 0 aliphatic rings. The lowest BCUT2D eigenvalue weighted by Crippen LogP contribution is -2.14. The quantitative estimate of drug-likeness (QED) is 0.781. The first-order chi connectivity index (χ1) is 9.40. The number of carboxylic acid groups (broad SMARTS) is 1. The van der Waals surface area contributed by atoms with Gasteiger partial charge in [0.1, 0.15) is 0 Å². The van der Waals surface area contributed by atoms with Crippen molar-refractivity contribution < 1.29 is 14.7 Å². The zero-order valence-electron chi connectivity index (χ0n) is 12.1. The first kappa shape index (κ1) is 16.0. The van der Waals surface area contributed by atoms with Gasteiger partial charge in [0.25, 0.3) is 0 Å². The summed E-state index contributed by atoms with van der Waals surface area (Å²) in [5.74, 6) is -0.654. The van der Waals surface area contributed by atoms with Crippen molar-refractivity contribution in [3.8, 4) is 0 Å². The van der Waals surface area contributed by atoms with E-state index in [0.717, 1.165) is 23.6 Å². The van der Waals surface area contributed by atoms with Crippen LogP contribution in [-0.4, -0.2) is 17.0 Å². The molecular formula is C16H21NO3. The van der Waals surface area contributed by atoms with Crippen LogP contribution in [0.1, 0.15) is 37.8 Å². The van der Waals surface area contributed by atoms with Crippen molar-refractivity contribution in [1.29, 1.82) is 0 Å². The molecule has 1 amide bonds. The molecule has 0 spiro atoms. The molecule has 2 N–H and O–H groups in total. The lowest BCUT2D eigenvalue weighted by molar-refractivity contribution is -0.131. The fraction of sp³-hybridized carbons (Fsp3) is 0.375. The fourth-order valence-corrected chi connectivity index (χ4v) is 1.82. The van der Waals surface area contributed by atoms with Gasteiger partial charge in [-0.05, 0) is 42.2 Å². The fourth-order valence-electron chi connectivity index (χ4n) is 1.82. The van der Waals surface area contributed by atoms with Gasteiger partial charge in [0, 0.05) is 18.2 Å². The molecule has 0 radical (unpaired) electrons. The lowest BCUT2D eigenvalue weighted by Gasteiger charge is -2.10. The second-order valence-electron chi connectivity index (χ2n) is 5.07. The van der Waals surface area contributed by atoms with E-state index in [1.165, 1.54) is 6.08 Å². The van der Waals surface area contributed by atoms with Gasteiger partial charge in [0.2, 0.25) is 5.91 Å². The molecule has 0 bridgehead atoms. The predicted octanol–water partition coefficient (Wildman–Crippen LogP) is 3.47. The minimum Gasteiger partial charge on any atom is -0.478 e. The number of aryl methyl sites for hydroxylation is 1. The van der Waals surface area contributed by atoms with Crippen molar-refractivity contribution in [3.05, 3.63) is 35.4 Å². The van der Waals surface area contributed by atoms with Gasteiger partial charge in [-0.1, -0.05) is 26.3 Å². The van der Waals surface area contributed by atoms with Gasteiger partial charge >= 0.3 is 5.97 Å². The average Bonchev–Trinajstić information content (AvgIpc) is 2.35. The molecule has 4 nitrogen and oxygen atoms in total. The van der Waals surface area contributed by atoms with Gasteiger partial charge in [-0.2, -0.15) is 0 Å². The van der Waals surface area contributed by atoms with Crippen molar-refractivity contribution in [2.45, 2.75) is 33.6 Å². The number of carboxylic acids is 1. The molecule has 1 unspecified atom stereocenters. The number of anilines is 1. The van der Waals surface area contributed by atoms with E-state index in [2.05, 4.69) is 12.2 Å². The van der Waals surface area contributed by atoms with E-state index in [1.807, 2.05) is 26.0 Å². The van der Waals surface area contributed by atoms with E-state index < -0.39 is 5.97 Å². The second kappa shape index (κ2) is 7.48. The molecule has 1 atom stereocenters. The Kier molecular flexibility index (Phi) is 5.97. The van der Waals surface area contributed by atoms with E-state index in [0.29, 0.717) is 18.0 Å². The van der Waals surface area contributed by atoms with Gasteiger partial charge in [-0.15, -0.1) is 0 Å². The molecule has 108 valence electrons. The Morgan fingerprint density at radius 3 is 2.65 bits per heavy atom. The molecule has 0 heterocycles.